The molecule has 2 aromatic heterocycles. The maximum Gasteiger partial charge on any atom is 0.449 e. The van der Waals surface area contributed by atoms with Crippen molar-refractivity contribution >= 4 is 11.5 Å². The van der Waals surface area contributed by atoms with E-state index in [1.54, 1.807) is 12.3 Å². The van der Waals surface area contributed by atoms with E-state index in [0.29, 0.717) is 30.4 Å². The van der Waals surface area contributed by atoms with Crippen molar-refractivity contribution in [1.29, 1.82) is 0 Å². The second kappa shape index (κ2) is 7.93. The van der Waals surface area contributed by atoms with Gasteiger partial charge in [-0.15, -0.1) is 0 Å². The molecule has 1 atom stereocenters. The summed E-state index contributed by atoms with van der Waals surface area (Å²) in [5.41, 5.74) is 2.99. The van der Waals surface area contributed by atoms with E-state index in [1.165, 1.54) is 11.6 Å². The minimum atomic E-state index is -4.50. The van der Waals surface area contributed by atoms with Crippen LogP contribution in [-0.2, 0) is 12.7 Å². The van der Waals surface area contributed by atoms with Gasteiger partial charge in [-0.3, -0.25) is 0 Å². The van der Waals surface area contributed by atoms with Crippen LogP contribution in [-0.4, -0.2) is 18.1 Å². The van der Waals surface area contributed by atoms with Crippen LogP contribution >= 0.6 is 0 Å². The summed E-state index contributed by atoms with van der Waals surface area (Å²) in [6.07, 6.45) is -2.85. The lowest BCUT2D eigenvalue weighted by molar-refractivity contribution is -0.153. The third-order valence-corrected chi connectivity index (χ3v) is 5.04. The van der Waals surface area contributed by atoms with Gasteiger partial charge in [0.1, 0.15) is 23.8 Å². The Hall–Kier alpha value is -3.16. The number of halogens is 3. The Morgan fingerprint density at radius 2 is 1.90 bits per heavy atom. The Morgan fingerprint density at radius 3 is 2.60 bits per heavy atom. The molecule has 5 nitrogen and oxygen atoms in total. The van der Waals surface area contributed by atoms with Crippen molar-refractivity contribution in [3.63, 3.8) is 0 Å². The Kier molecular flexibility index (Phi) is 5.32. The fraction of sp³-hybridized carbons (Fsp3) is 0.318. The molecule has 1 aliphatic rings. The molecule has 4 rings (SSSR count). The van der Waals surface area contributed by atoms with E-state index < -0.39 is 11.9 Å². The average molecular weight is 417 g/mol. The number of nitrogens with one attached hydrogen (secondary N) is 1. The Morgan fingerprint density at radius 1 is 1.13 bits per heavy atom. The molecule has 3 heterocycles. The van der Waals surface area contributed by atoms with Gasteiger partial charge in [-0.2, -0.15) is 13.2 Å². The smallest absolute Gasteiger partial charge is 0.449 e. The number of anilines is 2. The Labute approximate surface area is 172 Å². The van der Waals surface area contributed by atoms with Crippen molar-refractivity contribution in [2.75, 3.05) is 23.4 Å². The van der Waals surface area contributed by atoms with E-state index in [4.69, 9.17) is 9.15 Å². The normalized spacial score (nSPS) is 14.8. The number of ether oxygens (including phenoxy) is 1. The number of benzene rings is 1. The summed E-state index contributed by atoms with van der Waals surface area (Å²) in [7, 11) is 0. The van der Waals surface area contributed by atoms with E-state index in [1.807, 2.05) is 30.9 Å². The van der Waals surface area contributed by atoms with Gasteiger partial charge in [-0.05, 0) is 31.5 Å². The number of aryl methyl sites for hydroxylation is 1. The first-order chi connectivity index (χ1) is 14.3. The van der Waals surface area contributed by atoms with Gasteiger partial charge in [0.2, 0.25) is 5.76 Å². The van der Waals surface area contributed by atoms with E-state index >= 15 is 0 Å². The van der Waals surface area contributed by atoms with Crippen LogP contribution < -0.4 is 15.0 Å². The molecule has 0 saturated heterocycles. The summed E-state index contributed by atoms with van der Waals surface area (Å²) in [6, 6.07) is 12.3. The van der Waals surface area contributed by atoms with Gasteiger partial charge >= 0.3 is 6.18 Å². The van der Waals surface area contributed by atoms with E-state index in [0.717, 1.165) is 11.6 Å². The minimum absolute atomic E-state index is 0.0196. The van der Waals surface area contributed by atoms with Crippen molar-refractivity contribution < 1.29 is 22.3 Å². The molecule has 0 saturated carbocycles. The maximum absolute atomic E-state index is 12.9. The van der Waals surface area contributed by atoms with Gasteiger partial charge in [-0.1, -0.05) is 29.8 Å². The first-order valence-corrected chi connectivity index (χ1v) is 9.67. The van der Waals surface area contributed by atoms with Crippen LogP contribution in [0.1, 0.15) is 35.6 Å². The topological polar surface area (TPSA) is 50.5 Å². The number of furan rings is 1. The van der Waals surface area contributed by atoms with Crippen molar-refractivity contribution in [2.45, 2.75) is 32.6 Å². The van der Waals surface area contributed by atoms with Crippen LogP contribution in [0.5, 0.6) is 5.75 Å². The number of alkyl halides is 3. The molecular formula is C22H22F3N3O2. The molecule has 1 N–H and O–H groups in total. The molecule has 0 bridgehead atoms. The number of pyridine rings is 1. The van der Waals surface area contributed by atoms with Gasteiger partial charge < -0.3 is 19.4 Å². The average Bonchev–Trinajstić information content (AvgIpc) is 3.18. The lowest BCUT2D eigenvalue weighted by Crippen LogP contribution is -2.33. The molecule has 30 heavy (non-hydrogen) atoms. The summed E-state index contributed by atoms with van der Waals surface area (Å²) in [5.74, 6) is 0.486. The molecule has 1 unspecified atom stereocenters. The van der Waals surface area contributed by atoms with Crippen LogP contribution in [0.3, 0.4) is 0 Å². The molecule has 1 aliphatic heterocycles. The zero-order valence-electron chi connectivity index (χ0n) is 16.7. The van der Waals surface area contributed by atoms with Crippen molar-refractivity contribution in [3.8, 4) is 5.75 Å². The van der Waals surface area contributed by atoms with Gasteiger partial charge in [0.15, 0.2) is 5.82 Å². The molecular weight excluding hydrogens is 395 g/mol. The zero-order valence-corrected chi connectivity index (χ0v) is 16.7. The largest absolute Gasteiger partial charge is 0.489 e. The lowest BCUT2D eigenvalue weighted by atomic mass is 10.1. The maximum atomic E-state index is 12.9. The zero-order chi connectivity index (χ0) is 21.3. The number of fused-ring (bicyclic) bond motifs is 1. The molecule has 0 amide bonds. The van der Waals surface area contributed by atoms with Crippen LogP contribution in [0, 0.1) is 6.92 Å². The summed E-state index contributed by atoms with van der Waals surface area (Å²) >= 11 is 0. The Balaban J connectivity index is 1.59. The highest BCUT2D eigenvalue weighted by Gasteiger charge is 2.35. The summed E-state index contributed by atoms with van der Waals surface area (Å²) < 4.78 is 49.4. The van der Waals surface area contributed by atoms with E-state index in [9.17, 15) is 13.2 Å². The first-order valence-electron chi connectivity index (χ1n) is 9.67. The number of hydrogen-bond donors (Lipinski definition) is 1. The minimum Gasteiger partial charge on any atom is -0.489 e. The highest BCUT2D eigenvalue weighted by Crippen LogP contribution is 2.39. The van der Waals surface area contributed by atoms with Crippen LogP contribution in [0.2, 0.25) is 0 Å². The molecule has 0 aliphatic carbocycles. The fourth-order valence-electron chi connectivity index (χ4n) is 3.45. The molecule has 1 aromatic carbocycles. The van der Waals surface area contributed by atoms with E-state index in [2.05, 4.69) is 22.4 Å². The Bertz CT molecular complexity index is 1020. The van der Waals surface area contributed by atoms with Crippen molar-refractivity contribution in [3.05, 3.63) is 71.3 Å². The van der Waals surface area contributed by atoms with Crippen molar-refractivity contribution in [2.24, 2.45) is 0 Å². The highest BCUT2D eigenvalue weighted by atomic mass is 19.4. The number of aromatic nitrogens is 1. The SMILES string of the molecule is Cc1ccc(C(C)Nc2nccc3c2N(Cc2ccc(C(F)(F)F)o2)CCO3)cc1. The second-order valence-corrected chi connectivity index (χ2v) is 7.32. The predicted molar refractivity (Wildman–Crippen MR) is 108 cm³/mol. The summed E-state index contributed by atoms with van der Waals surface area (Å²) in [5, 5.41) is 3.41. The predicted octanol–water partition coefficient (Wildman–Crippen LogP) is 5.57. The molecule has 0 spiro atoms. The number of nitrogens with zero attached hydrogens (tertiary/aromatic N) is 2. The number of hydrogen-bond acceptors (Lipinski definition) is 5. The van der Waals surface area contributed by atoms with Crippen LogP contribution in [0.25, 0.3) is 0 Å². The fourth-order valence-corrected chi connectivity index (χ4v) is 3.45. The van der Waals surface area contributed by atoms with Gasteiger partial charge in [0.05, 0.1) is 19.1 Å². The van der Waals surface area contributed by atoms with Crippen LogP contribution in [0.15, 0.2) is 53.1 Å². The summed E-state index contributed by atoms with van der Waals surface area (Å²) in [6.45, 7) is 5.18. The van der Waals surface area contributed by atoms with Gasteiger partial charge in [-0.25, -0.2) is 4.98 Å². The molecule has 158 valence electrons. The lowest BCUT2D eigenvalue weighted by Gasteiger charge is -2.32. The molecule has 0 radical (unpaired) electrons. The highest BCUT2D eigenvalue weighted by molar-refractivity contribution is 5.74. The quantitative estimate of drug-likeness (QED) is 0.588. The van der Waals surface area contributed by atoms with Gasteiger partial charge in [0.25, 0.3) is 0 Å². The van der Waals surface area contributed by atoms with Gasteiger partial charge in [0, 0.05) is 12.3 Å². The summed E-state index contributed by atoms with van der Waals surface area (Å²) in [4.78, 5) is 6.39. The van der Waals surface area contributed by atoms with Crippen molar-refractivity contribution in [1.82, 2.24) is 4.98 Å². The third-order valence-electron chi connectivity index (χ3n) is 5.04. The standard InChI is InChI=1S/C22H22F3N3O2/c1-14-3-5-16(6-4-14)15(2)27-21-20-18(9-10-26-21)29-12-11-28(20)13-17-7-8-19(30-17)22(23,24)25/h3-10,15H,11-13H2,1-2H3,(H,26,27). The first kappa shape index (κ1) is 20.1. The van der Waals surface area contributed by atoms with Crippen LogP contribution in [0.4, 0.5) is 24.7 Å². The molecule has 8 heteroatoms. The molecule has 0 fully saturated rings. The third kappa shape index (κ3) is 4.22. The van der Waals surface area contributed by atoms with E-state index in [-0.39, 0.29) is 18.3 Å². The molecule has 3 aromatic rings. The second-order valence-electron chi connectivity index (χ2n) is 7.32. The number of rotatable bonds is 5. The monoisotopic (exact) mass is 417 g/mol.